The summed E-state index contributed by atoms with van der Waals surface area (Å²) in [5.41, 5.74) is 0.745. The quantitative estimate of drug-likeness (QED) is 0.673. The topological polar surface area (TPSA) is 81.2 Å². The summed E-state index contributed by atoms with van der Waals surface area (Å²) in [6, 6.07) is 7.40. The van der Waals surface area contributed by atoms with Gasteiger partial charge in [0, 0.05) is 17.3 Å². The van der Waals surface area contributed by atoms with Crippen molar-refractivity contribution in [3.05, 3.63) is 48.5 Å². The summed E-state index contributed by atoms with van der Waals surface area (Å²) in [7, 11) is 0. The van der Waals surface area contributed by atoms with Gasteiger partial charge in [0.15, 0.2) is 11.8 Å². The number of nitrogens with zero attached hydrogens (tertiary/aromatic N) is 2. The van der Waals surface area contributed by atoms with Gasteiger partial charge in [0.2, 0.25) is 0 Å². The number of amides is 1. The molecular weight excluding hydrogens is 302 g/mol. The third-order valence-corrected chi connectivity index (χ3v) is 3.59. The average molecular weight is 317 g/mol. The van der Waals surface area contributed by atoms with Gasteiger partial charge in [-0.3, -0.25) is 9.78 Å². The van der Waals surface area contributed by atoms with Crippen molar-refractivity contribution in [2.75, 3.05) is 11.6 Å². The summed E-state index contributed by atoms with van der Waals surface area (Å²) < 4.78 is 5.08. The van der Waals surface area contributed by atoms with Crippen LogP contribution in [-0.4, -0.2) is 34.2 Å². The monoisotopic (exact) mass is 317 g/mol. The van der Waals surface area contributed by atoms with Gasteiger partial charge in [0.1, 0.15) is 0 Å². The predicted molar refractivity (Wildman–Crippen MR) is 83.8 cm³/mol. The van der Waals surface area contributed by atoms with Crippen LogP contribution in [0.1, 0.15) is 17.4 Å². The summed E-state index contributed by atoms with van der Waals surface area (Å²) in [6.45, 7) is 1.51. The van der Waals surface area contributed by atoms with E-state index in [0.717, 1.165) is 4.90 Å². The molecule has 22 heavy (non-hydrogen) atoms. The first-order valence-electron chi connectivity index (χ1n) is 6.52. The lowest BCUT2D eigenvalue weighted by molar-refractivity contribution is -0.123. The lowest BCUT2D eigenvalue weighted by atomic mass is 10.3. The minimum absolute atomic E-state index is 0.0617. The number of ether oxygens (including phenoxy) is 1. The van der Waals surface area contributed by atoms with E-state index in [1.165, 1.54) is 37.3 Å². The van der Waals surface area contributed by atoms with Crippen LogP contribution in [0.2, 0.25) is 0 Å². The molecule has 1 aromatic carbocycles. The van der Waals surface area contributed by atoms with Crippen LogP contribution in [-0.2, 0) is 9.53 Å². The summed E-state index contributed by atoms with van der Waals surface area (Å²) in [4.78, 5) is 32.5. The number of nitrogens with one attached hydrogen (secondary N) is 1. The maximum absolute atomic E-state index is 12.1. The fourth-order valence-corrected chi connectivity index (χ4v) is 2.21. The zero-order valence-corrected chi connectivity index (χ0v) is 13.0. The summed E-state index contributed by atoms with van der Waals surface area (Å²) >= 11 is 1.52. The first-order valence-corrected chi connectivity index (χ1v) is 7.75. The van der Waals surface area contributed by atoms with Crippen LogP contribution in [0, 0.1) is 0 Å². The highest BCUT2D eigenvalue weighted by atomic mass is 32.2. The van der Waals surface area contributed by atoms with E-state index < -0.39 is 18.0 Å². The Labute approximate surface area is 132 Å². The second-order valence-electron chi connectivity index (χ2n) is 4.33. The Morgan fingerprint density at radius 3 is 2.73 bits per heavy atom. The molecule has 0 spiro atoms. The fourth-order valence-electron chi connectivity index (χ4n) is 1.66. The van der Waals surface area contributed by atoms with E-state index in [4.69, 9.17) is 4.74 Å². The minimum atomic E-state index is -0.940. The molecule has 0 aliphatic heterocycles. The smallest absolute Gasteiger partial charge is 0.359 e. The van der Waals surface area contributed by atoms with Crippen molar-refractivity contribution < 1.29 is 14.3 Å². The van der Waals surface area contributed by atoms with Gasteiger partial charge in [0.05, 0.1) is 11.9 Å². The van der Waals surface area contributed by atoms with Crippen molar-refractivity contribution in [1.82, 2.24) is 9.97 Å². The molecule has 0 radical (unpaired) electrons. The van der Waals surface area contributed by atoms with E-state index in [-0.39, 0.29) is 5.69 Å². The summed E-state index contributed by atoms with van der Waals surface area (Å²) in [5.74, 6) is -1.09. The van der Waals surface area contributed by atoms with Crippen molar-refractivity contribution in [3.8, 4) is 0 Å². The van der Waals surface area contributed by atoms with Crippen LogP contribution >= 0.6 is 11.8 Å². The number of benzene rings is 1. The molecule has 1 aromatic heterocycles. The Balaban J connectivity index is 1.99. The largest absolute Gasteiger partial charge is 0.448 e. The van der Waals surface area contributed by atoms with Crippen molar-refractivity contribution in [3.63, 3.8) is 0 Å². The number of anilines is 1. The molecule has 0 fully saturated rings. The normalized spacial score (nSPS) is 11.5. The van der Waals surface area contributed by atoms with Gasteiger partial charge < -0.3 is 10.1 Å². The maximum Gasteiger partial charge on any atom is 0.359 e. The van der Waals surface area contributed by atoms with Crippen LogP contribution in [0.5, 0.6) is 0 Å². The predicted octanol–water partition coefficient (Wildman–Crippen LogP) is 2.38. The lowest BCUT2D eigenvalue weighted by Crippen LogP contribution is -2.30. The first-order chi connectivity index (χ1) is 10.6. The number of thioether (sulfide) groups is 1. The highest BCUT2D eigenvalue weighted by Crippen LogP contribution is 2.24. The molecule has 2 aromatic rings. The molecule has 0 saturated heterocycles. The SMILES string of the molecule is CSc1ccccc1NC(=O)[C@@H](C)OC(=O)c1cnccn1. The molecule has 1 atom stereocenters. The number of para-hydroxylation sites is 1. The number of carbonyl (C=O) groups is 2. The second kappa shape index (κ2) is 7.56. The second-order valence-corrected chi connectivity index (χ2v) is 5.18. The van der Waals surface area contributed by atoms with E-state index >= 15 is 0 Å². The van der Waals surface area contributed by atoms with Crippen molar-refractivity contribution >= 4 is 29.3 Å². The highest BCUT2D eigenvalue weighted by Gasteiger charge is 2.20. The van der Waals surface area contributed by atoms with Crippen LogP contribution < -0.4 is 5.32 Å². The van der Waals surface area contributed by atoms with E-state index in [9.17, 15) is 9.59 Å². The Morgan fingerprint density at radius 1 is 1.27 bits per heavy atom. The molecule has 0 bridgehead atoms. The Morgan fingerprint density at radius 2 is 2.05 bits per heavy atom. The standard InChI is InChI=1S/C15H15N3O3S/c1-10(21-15(20)12-9-16-7-8-17-12)14(19)18-11-5-3-4-6-13(11)22-2/h3-10H,1-2H3,(H,18,19)/t10-/m1/s1. The van der Waals surface area contributed by atoms with Crippen molar-refractivity contribution in [1.29, 1.82) is 0 Å². The first kappa shape index (κ1) is 16.0. The Kier molecular flexibility index (Phi) is 5.48. The molecular formula is C15H15N3O3S. The molecule has 1 heterocycles. The number of carbonyl (C=O) groups excluding carboxylic acids is 2. The zero-order valence-electron chi connectivity index (χ0n) is 12.1. The van der Waals surface area contributed by atoms with E-state index in [2.05, 4.69) is 15.3 Å². The van der Waals surface area contributed by atoms with Gasteiger partial charge in [0.25, 0.3) is 5.91 Å². The Hall–Kier alpha value is -2.41. The molecule has 1 N–H and O–H groups in total. The van der Waals surface area contributed by atoms with Gasteiger partial charge in [-0.2, -0.15) is 0 Å². The zero-order chi connectivity index (χ0) is 15.9. The van der Waals surface area contributed by atoms with Crippen molar-refractivity contribution in [2.45, 2.75) is 17.9 Å². The molecule has 114 valence electrons. The molecule has 0 unspecified atom stereocenters. The highest BCUT2D eigenvalue weighted by molar-refractivity contribution is 7.98. The lowest BCUT2D eigenvalue weighted by Gasteiger charge is -2.14. The molecule has 7 heteroatoms. The third-order valence-electron chi connectivity index (χ3n) is 2.79. The molecule has 0 saturated carbocycles. The maximum atomic E-state index is 12.1. The summed E-state index contributed by atoms with van der Waals surface area (Å²) in [6.07, 6.45) is 5.10. The fraction of sp³-hybridized carbons (Fsp3) is 0.200. The summed E-state index contributed by atoms with van der Waals surface area (Å²) in [5, 5.41) is 2.75. The van der Waals surface area contributed by atoms with Crippen LogP contribution in [0.3, 0.4) is 0 Å². The van der Waals surface area contributed by atoms with Gasteiger partial charge in [-0.25, -0.2) is 9.78 Å². The average Bonchev–Trinajstić information content (AvgIpc) is 2.56. The number of rotatable bonds is 5. The van der Waals surface area contributed by atoms with Gasteiger partial charge in [-0.15, -0.1) is 11.8 Å². The van der Waals surface area contributed by atoms with Crippen LogP contribution in [0.4, 0.5) is 5.69 Å². The molecule has 6 nitrogen and oxygen atoms in total. The number of aromatic nitrogens is 2. The van der Waals surface area contributed by atoms with Crippen molar-refractivity contribution in [2.24, 2.45) is 0 Å². The van der Waals surface area contributed by atoms with Gasteiger partial charge in [-0.05, 0) is 25.3 Å². The van der Waals surface area contributed by atoms with Gasteiger partial charge in [-0.1, -0.05) is 12.1 Å². The molecule has 0 aliphatic rings. The number of hydrogen-bond donors (Lipinski definition) is 1. The van der Waals surface area contributed by atoms with Crippen LogP contribution in [0.25, 0.3) is 0 Å². The van der Waals surface area contributed by atoms with E-state index in [1.807, 2.05) is 24.5 Å². The van der Waals surface area contributed by atoms with E-state index in [0.29, 0.717) is 5.69 Å². The van der Waals surface area contributed by atoms with Gasteiger partial charge >= 0.3 is 5.97 Å². The number of esters is 1. The molecule has 0 aliphatic carbocycles. The minimum Gasteiger partial charge on any atom is -0.448 e. The molecule has 2 rings (SSSR count). The van der Waals surface area contributed by atoms with Crippen LogP contribution in [0.15, 0.2) is 47.8 Å². The third kappa shape index (κ3) is 4.05. The number of hydrogen-bond acceptors (Lipinski definition) is 6. The molecule has 1 amide bonds. The Bertz CT molecular complexity index is 664. The van der Waals surface area contributed by atoms with E-state index in [1.54, 1.807) is 6.07 Å².